The molecule has 10 heteroatoms. The lowest BCUT2D eigenvalue weighted by Gasteiger charge is -2.19. The summed E-state index contributed by atoms with van der Waals surface area (Å²) in [6, 6.07) is 0. The Bertz CT molecular complexity index is 1980. The number of carbonyl (C=O) groups is 2. The molecule has 0 bridgehead atoms. The van der Waals surface area contributed by atoms with Crippen LogP contribution in [0.3, 0.4) is 0 Å². The van der Waals surface area contributed by atoms with Crippen molar-refractivity contribution >= 4 is 19.8 Å². The van der Waals surface area contributed by atoms with Gasteiger partial charge in [0.25, 0.3) is 0 Å². The van der Waals surface area contributed by atoms with Crippen LogP contribution in [-0.2, 0) is 32.7 Å². The Morgan fingerprint density at radius 2 is 0.598 bits per heavy atom. The van der Waals surface area contributed by atoms with Gasteiger partial charge in [-0.2, -0.15) is 0 Å². The van der Waals surface area contributed by atoms with E-state index in [-0.39, 0.29) is 32.6 Å². The first kappa shape index (κ1) is 82.6. The molecule has 0 heterocycles. The predicted molar refractivity (Wildman–Crippen MR) is 376 cm³/mol. The molecule has 0 aliphatic carbocycles. The van der Waals surface area contributed by atoms with Gasteiger partial charge in [-0.25, -0.2) is 4.57 Å². The molecule has 0 aromatic carbocycles. The van der Waals surface area contributed by atoms with Crippen LogP contribution in [0, 0.1) is 0 Å². The van der Waals surface area contributed by atoms with Gasteiger partial charge in [-0.1, -0.05) is 307 Å². The lowest BCUT2D eigenvalue weighted by molar-refractivity contribution is -0.161. The smallest absolute Gasteiger partial charge is 0.462 e. The van der Waals surface area contributed by atoms with E-state index in [1.807, 2.05) is 0 Å². The number of rotatable bonds is 64. The number of hydrogen-bond donors (Lipinski definition) is 2. The first-order valence-electron chi connectivity index (χ1n) is 35.0. The molecule has 2 unspecified atom stereocenters. The Hall–Kier alpha value is -4.37. The fourth-order valence-corrected chi connectivity index (χ4v) is 10.1. The van der Waals surface area contributed by atoms with E-state index in [4.69, 9.17) is 24.3 Å². The van der Waals surface area contributed by atoms with Crippen molar-refractivity contribution in [2.75, 3.05) is 26.4 Å². The van der Waals surface area contributed by atoms with Crippen LogP contribution in [-0.4, -0.2) is 49.3 Å². The fourth-order valence-electron chi connectivity index (χ4n) is 9.33. The highest BCUT2D eigenvalue weighted by atomic mass is 31.2. The first-order valence-corrected chi connectivity index (χ1v) is 36.5. The molecule has 0 saturated heterocycles. The van der Waals surface area contributed by atoms with Gasteiger partial charge in [0.15, 0.2) is 6.10 Å². The molecule has 0 spiro atoms. The van der Waals surface area contributed by atoms with E-state index >= 15 is 0 Å². The number of hydrogen-bond acceptors (Lipinski definition) is 8. The van der Waals surface area contributed by atoms with Crippen LogP contribution >= 0.6 is 7.82 Å². The topological polar surface area (TPSA) is 134 Å². The van der Waals surface area contributed by atoms with Crippen molar-refractivity contribution in [2.24, 2.45) is 5.73 Å². The number of carbonyl (C=O) groups excluding carboxylic acids is 2. The summed E-state index contributed by atoms with van der Waals surface area (Å²) in [4.78, 5) is 35.3. The molecule has 87 heavy (non-hydrogen) atoms. The Kier molecular flexibility index (Phi) is 67.2. The van der Waals surface area contributed by atoms with Crippen molar-refractivity contribution < 1.29 is 37.6 Å². The van der Waals surface area contributed by atoms with Crippen molar-refractivity contribution in [3.8, 4) is 0 Å². The van der Waals surface area contributed by atoms with Crippen molar-refractivity contribution in [1.29, 1.82) is 0 Å². The molecular formula is C77H128NO8P. The summed E-state index contributed by atoms with van der Waals surface area (Å²) in [6.07, 6.45) is 103. The Morgan fingerprint density at radius 3 is 0.885 bits per heavy atom. The van der Waals surface area contributed by atoms with Gasteiger partial charge in [-0.15, -0.1) is 0 Å². The molecule has 0 saturated carbocycles. The minimum Gasteiger partial charge on any atom is -0.462 e. The average molecular weight is 1230 g/mol. The number of nitrogens with two attached hydrogens (primary N) is 1. The maximum absolute atomic E-state index is 12.8. The molecule has 0 aliphatic heterocycles. The van der Waals surface area contributed by atoms with Crippen molar-refractivity contribution in [3.63, 3.8) is 0 Å². The van der Waals surface area contributed by atoms with E-state index in [1.165, 1.54) is 103 Å². The monoisotopic (exact) mass is 1230 g/mol. The zero-order valence-electron chi connectivity index (χ0n) is 55.4. The van der Waals surface area contributed by atoms with Gasteiger partial charge in [0.1, 0.15) is 6.61 Å². The summed E-state index contributed by atoms with van der Waals surface area (Å²) in [7, 11) is -4.41. The van der Waals surface area contributed by atoms with Crippen LogP contribution in [0.1, 0.15) is 284 Å². The molecule has 0 aromatic heterocycles. The maximum Gasteiger partial charge on any atom is 0.472 e. The number of allylic oxidation sites excluding steroid dienone is 26. The molecule has 3 N–H and O–H groups in total. The van der Waals surface area contributed by atoms with Crippen LogP contribution in [0.5, 0.6) is 0 Å². The summed E-state index contributed by atoms with van der Waals surface area (Å²) < 4.78 is 33.2. The van der Waals surface area contributed by atoms with Crippen LogP contribution in [0.25, 0.3) is 0 Å². The minimum atomic E-state index is -4.41. The van der Waals surface area contributed by atoms with Gasteiger partial charge >= 0.3 is 19.8 Å². The summed E-state index contributed by atoms with van der Waals surface area (Å²) in [5.74, 6) is -0.846. The normalized spacial score (nSPS) is 13.9. The van der Waals surface area contributed by atoms with Gasteiger partial charge in [0.2, 0.25) is 0 Å². The van der Waals surface area contributed by atoms with Crippen molar-refractivity contribution in [2.45, 2.75) is 290 Å². The van der Waals surface area contributed by atoms with E-state index in [2.05, 4.69) is 172 Å². The van der Waals surface area contributed by atoms with E-state index in [0.29, 0.717) is 12.8 Å². The van der Waals surface area contributed by atoms with Crippen molar-refractivity contribution in [1.82, 2.24) is 0 Å². The SMILES string of the molecule is CC/C=C\C/C=C\C/C=C\C/C=C\C/C=C\C/C=C\C/C=C\CCCCCCCCCCCCCCCCCCCCCC(=O)OC(COC(=O)CCCCCCCC/C=C\C/C=C\C/C=C\C/C=C\C/C=C\C/C=C\CC)COP(=O)(O)OCCN. The first-order chi connectivity index (χ1) is 42.8. The summed E-state index contributed by atoms with van der Waals surface area (Å²) >= 11 is 0. The zero-order valence-corrected chi connectivity index (χ0v) is 56.3. The summed E-state index contributed by atoms with van der Waals surface area (Å²) in [5.41, 5.74) is 5.40. The van der Waals surface area contributed by atoms with Crippen LogP contribution < -0.4 is 5.73 Å². The molecule has 0 aliphatic rings. The third-order valence-corrected chi connectivity index (χ3v) is 15.4. The molecule has 0 fully saturated rings. The molecule has 2 atom stereocenters. The van der Waals surface area contributed by atoms with E-state index < -0.39 is 32.5 Å². The fraction of sp³-hybridized carbons (Fsp3) is 0.636. The second-order valence-electron chi connectivity index (χ2n) is 22.6. The molecular weight excluding hydrogens is 1100 g/mol. The number of phosphoric ester groups is 1. The zero-order chi connectivity index (χ0) is 63.0. The highest BCUT2D eigenvalue weighted by Crippen LogP contribution is 2.43. The number of esters is 2. The van der Waals surface area contributed by atoms with Gasteiger partial charge in [0, 0.05) is 19.4 Å². The highest BCUT2D eigenvalue weighted by molar-refractivity contribution is 7.47. The van der Waals surface area contributed by atoms with Gasteiger partial charge in [0.05, 0.1) is 13.2 Å². The minimum absolute atomic E-state index is 0.0451. The highest BCUT2D eigenvalue weighted by Gasteiger charge is 2.26. The lowest BCUT2D eigenvalue weighted by Crippen LogP contribution is -2.29. The Morgan fingerprint density at radius 1 is 0.345 bits per heavy atom. The summed E-state index contributed by atoms with van der Waals surface area (Å²) in [6.45, 7) is 3.50. The quantitative estimate of drug-likeness (QED) is 0.0264. The molecule has 0 rings (SSSR count). The molecule has 9 nitrogen and oxygen atoms in total. The van der Waals surface area contributed by atoms with E-state index in [9.17, 15) is 19.0 Å². The Balaban J connectivity index is 3.90. The van der Waals surface area contributed by atoms with Crippen molar-refractivity contribution in [3.05, 3.63) is 158 Å². The van der Waals surface area contributed by atoms with Gasteiger partial charge < -0.3 is 20.1 Å². The second-order valence-corrected chi connectivity index (χ2v) is 24.1. The van der Waals surface area contributed by atoms with Gasteiger partial charge in [-0.05, 0) is 122 Å². The molecule has 0 amide bonds. The standard InChI is InChI=1S/C77H128NO8P/c1-3-5-7-9-11-13-15-17-19-21-23-25-27-29-30-31-32-33-34-35-36-37-38-39-40-41-42-43-44-46-48-50-52-54-56-58-60-62-64-66-68-70-77(80)86-75(74-85-87(81,82)84-72-71-78)73-83-76(79)69-67-65-63-61-59-57-55-53-51-49-47-45-28-26-24-22-20-18-16-14-12-10-8-6-4-2/h5-8,11-14,17-20,23-26,29-30,32-33,35-36,45,47,51,53,75H,3-4,9-10,15-16,21-22,27-28,31,34,37-44,46,48-50,52,54-74,78H2,1-2H3,(H,81,82)/b7-5-,8-6-,13-11-,14-12-,19-17-,20-18-,25-23-,26-24-,30-29-,33-32-,36-35-,47-45-,53-51-. The van der Waals surface area contributed by atoms with Crippen LogP contribution in [0.2, 0.25) is 0 Å². The van der Waals surface area contributed by atoms with E-state index in [0.717, 1.165) is 141 Å². The summed E-state index contributed by atoms with van der Waals surface area (Å²) in [5, 5.41) is 0. The molecule has 0 radical (unpaired) electrons. The molecule has 0 aromatic rings. The number of ether oxygens (including phenoxy) is 2. The Labute approximate surface area is 534 Å². The number of unbranched alkanes of at least 4 members (excludes halogenated alkanes) is 25. The van der Waals surface area contributed by atoms with Crippen LogP contribution in [0.15, 0.2) is 158 Å². The second kappa shape index (κ2) is 70.7. The average Bonchev–Trinajstić information content (AvgIpc) is 3.65. The number of phosphoric acid groups is 1. The lowest BCUT2D eigenvalue weighted by atomic mass is 10.0. The third-order valence-electron chi connectivity index (χ3n) is 14.4. The van der Waals surface area contributed by atoms with Crippen LogP contribution in [0.4, 0.5) is 0 Å². The maximum atomic E-state index is 12.8. The predicted octanol–water partition coefficient (Wildman–Crippen LogP) is 23.2. The van der Waals surface area contributed by atoms with E-state index in [1.54, 1.807) is 0 Å². The largest absolute Gasteiger partial charge is 0.472 e. The molecule has 494 valence electrons. The van der Waals surface area contributed by atoms with Gasteiger partial charge in [-0.3, -0.25) is 18.6 Å². The third kappa shape index (κ3) is 70.6.